The second-order valence-electron chi connectivity index (χ2n) is 7.12. The van der Waals surface area contributed by atoms with Gasteiger partial charge in [0, 0.05) is 24.8 Å². The summed E-state index contributed by atoms with van der Waals surface area (Å²) in [5.41, 5.74) is 1.07. The first kappa shape index (κ1) is 17.2. The molecule has 2 unspecified atom stereocenters. The van der Waals surface area contributed by atoms with Gasteiger partial charge in [-0.05, 0) is 50.4 Å². The van der Waals surface area contributed by atoms with Crippen molar-refractivity contribution in [3.63, 3.8) is 0 Å². The van der Waals surface area contributed by atoms with E-state index in [1.807, 2.05) is 0 Å². The number of rotatable bonds is 5. The Labute approximate surface area is 152 Å². The number of amides is 3. The molecule has 2 N–H and O–H groups in total. The van der Waals surface area contributed by atoms with Crippen LogP contribution in [0.5, 0.6) is 0 Å². The van der Waals surface area contributed by atoms with Crippen LogP contribution < -0.4 is 10.6 Å². The predicted octanol–water partition coefficient (Wildman–Crippen LogP) is 0.943. The molecule has 3 aliphatic rings. The fourth-order valence-corrected chi connectivity index (χ4v) is 3.84. The third kappa shape index (κ3) is 3.24. The Morgan fingerprint density at radius 1 is 1.19 bits per heavy atom. The lowest BCUT2D eigenvalue weighted by atomic mass is 10.1. The van der Waals surface area contributed by atoms with Gasteiger partial charge in [-0.3, -0.25) is 19.3 Å². The van der Waals surface area contributed by atoms with Crippen molar-refractivity contribution in [2.24, 2.45) is 0 Å². The lowest BCUT2D eigenvalue weighted by molar-refractivity contribution is 0.0475. The van der Waals surface area contributed by atoms with Crippen LogP contribution in [0, 0.1) is 0 Å². The zero-order chi connectivity index (χ0) is 18.1. The highest BCUT2D eigenvalue weighted by molar-refractivity contribution is 6.22. The second kappa shape index (κ2) is 7.17. The Balaban J connectivity index is 1.45. The van der Waals surface area contributed by atoms with Crippen molar-refractivity contribution in [3.05, 3.63) is 34.9 Å². The molecule has 3 aliphatic heterocycles. The van der Waals surface area contributed by atoms with Gasteiger partial charge >= 0.3 is 0 Å². The van der Waals surface area contributed by atoms with E-state index in [2.05, 4.69) is 10.6 Å². The lowest BCUT2D eigenvalue weighted by Gasteiger charge is -2.17. The maximum atomic E-state index is 12.6. The fourth-order valence-electron chi connectivity index (χ4n) is 3.84. The summed E-state index contributed by atoms with van der Waals surface area (Å²) in [7, 11) is 0. The first-order valence-electron chi connectivity index (χ1n) is 9.27. The summed E-state index contributed by atoms with van der Waals surface area (Å²) < 4.78 is 5.54. The average Bonchev–Trinajstić information content (AvgIpc) is 3.39. The average molecular weight is 357 g/mol. The number of imide groups is 1. The zero-order valence-corrected chi connectivity index (χ0v) is 14.6. The van der Waals surface area contributed by atoms with E-state index in [0.29, 0.717) is 35.9 Å². The molecule has 1 aromatic rings. The highest BCUT2D eigenvalue weighted by Gasteiger charge is 2.37. The van der Waals surface area contributed by atoms with Crippen molar-refractivity contribution < 1.29 is 19.1 Å². The Morgan fingerprint density at radius 2 is 2.04 bits per heavy atom. The number of fused-ring (bicyclic) bond motifs is 1. The van der Waals surface area contributed by atoms with E-state index in [9.17, 15) is 14.4 Å². The molecule has 1 aromatic carbocycles. The Bertz CT molecular complexity index is 736. The molecule has 26 heavy (non-hydrogen) atoms. The Morgan fingerprint density at radius 3 is 2.77 bits per heavy atom. The van der Waals surface area contributed by atoms with E-state index in [1.165, 1.54) is 11.0 Å². The summed E-state index contributed by atoms with van der Waals surface area (Å²) in [6.45, 7) is 2.50. The summed E-state index contributed by atoms with van der Waals surface area (Å²) in [4.78, 5) is 38.8. The van der Waals surface area contributed by atoms with E-state index in [0.717, 1.165) is 32.2 Å². The van der Waals surface area contributed by atoms with Gasteiger partial charge < -0.3 is 15.4 Å². The predicted molar refractivity (Wildman–Crippen MR) is 94.1 cm³/mol. The smallest absolute Gasteiger partial charge is 0.261 e. The first-order valence-corrected chi connectivity index (χ1v) is 9.27. The molecular formula is C19H23N3O4. The summed E-state index contributed by atoms with van der Waals surface area (Å²) in [5.74, 6) is -0.866. The molecule has 0 radical (unpaired) electrons. The van der Waals surface area contributed by atoms with Gasteiger partial charge in [0.2, 0.25) is 0 Å². The van der Waals surface area contributed by atoms with Crippen LogP contribution in [-0.2, 0) is 4.74 Å². The zero-order valence-electron chi connectivity index (χ0n) is 14.6. The molecule has 2 saturated heterocycles. The number of carbonyl (C=O) groups is 3. The molecule has 2 atom stereocenters. The third-order valence-electron chi connectivity index (χ3n) is 5.31. The van der Waals surface area contributed by atoms with Crippen LogP contribution in [0.25, 0.3) is 0 Å². The van der Waals surface area contributed by atoms with Crippen LogP contribution in [-0.4, -0.2) is 61.0 Å². The SMILES string of the molecule is O=C(NCC1CCCN1)c1ccc2c(c1)C(=O)N(CC1CCCO1)C2=O. The van der Waals surface area contributed by atoms with E-state index in [4.69, 9.17) is 4.74 Å². The number of nitrogens with one attached hydrogen (secondary N) is 2. The number of nitrogens with zero attached hydrogens (tertiary/aromatic N) is 1. The van der Waals surface area contributed by atoms with Gasteiger partial charge in [-0.15, -0.1) is 0 Å². The third-order valence-corrected chi connectivity index (χ3v) is 5.31. The van der Waals surface area contributed by atoms with Crippen LogP contribution in [0.1, 0.15) is 56.8 Å². The lowest BCUT2D eigenvalue weighted by Crippen LogP contribution is -2.37. The summed E-state index contributed by atoms with van der Waals surface area (Å²) in [6, 6.07) is 5.02. The Hall–Kier alpha value is -2.25. The normalized spacial score (nSPS) is 25.0. The van der Waals surface area contributed by atoms with Crippen LogP contribution in [0.3, 0.4) is 0 Å². The van der Waals surface area contributed by atoms with E-state index < -0.39 is 0 Å². The minimum Gasteiger partial charge on any atom is -0.376 e. The fraction of sp³-hybridized carbons (Fsp3) is 0.526. The quantitative estimate of drug-likeness (QED) is 0.766. The monoisotopic (exact) mass is 357 g/mol. The van der Waals surface area contributed by atoms with Gasteiger partial charge in [-0.1, -0.05) is 0 Å². The van der Waals surface area contributed by atoms with E-state index >= 15 is 0 Å². The van der Waals surface area contributed by atoms with Gasteiger partial charge in [-0.25, -0.2) is 0 Å². The second-order valence-corrected chi connectivity index (χ2v) is 7.12. The van der Waals surface area contributed by atoms with Crippen LogP contribution in [0.4, 0.5) is 0 Å². The molecule has 7 heteroatoms. The van der Waals surface area contributed by atoms with Crippen molar-refractivity contribution in [1.29, 1.82) is 0 Å². The van der Waals surface area contributed by atoms with Crippen molar-refractivity contribution in [2.45, 2.75) is 37.8 Å². The molecule has 3 heterocycles. The van der Waals surface area contributed by atoms with E-state index in [-0.39, 0.29) is 30.4 Å². The van der Waals surface area contributed by atoms with E-state index in [1.54, 1.807) is 12.1 Å². The molecular weight excluding hydrogens is 334 g/mol. The maximum Gasteiger partial charge on any atom is 0.261 e. The molecule has 0 bridgehead atoms. The van der Waals surface area contributed by atoms with Crippen molar-refractivity contribution in [2.75, 3.05) is 26.2 Å². The molecule has 7 nitrogen and oxygen atoms in total. The van der Waals surface area contributed by atoms with Crippen LogP contribution in [0.15, 0.2) is 18.2 Å². The largest absolute Gasteiger partial charge is 0.376 e. The highest BCUT2D eigenvalue weighted by Crippen LogP contribution is 2.26. The topological polar surface area (TPSA) is 87.7 Å². The number of benzene rings is 1. The summed E-state index contributed by atoms with van der Waals surface area (Å²) in [5, 5.41) is 6.22. The van der Waals surface area contributed by atoms with Gasteiger partial charge in [0.15, 0.2) is 0 Å². The van der Waals surface area contributed by atoms with Gasteiger partial charge in [0.25, 0.3) is 17.7 Å². The van der Waals surface area contributed by atoms with Gasteiger partial charge in [-0.2, -0.15) is 0 Å². The first-order chi connectivity index (χ1) is 12.6. The number of hydrogen-bond donors (Lipinski definition) is 2. The molecule has 0 saturated carbocycles. The number of carbonyl (C=O) groups excluding carboxylic acids is 3. The molecule has 138 valence electrons. The minimum atomic E-state index is -0.340. The summed E-state index contributed by atoms with van der Waals surface area (Å²) in [6.07, 6.45) is 3.90. The number of ether oxygens (including phenoxy) is 1. The van der Waals surface area contributed by atoms with Crippen molar-refractivity contribution in [3.8, 4) is 0 Å². The van der Waals surface area contributed by atoms with Crippen LogP contribution in [0.2, 0.25) is 0 Å². The molecule has 2 fully saturated rings. The molecule has 0 aliphatic carbocycles. The standard InChI is InChI=1S/C19H23N3O4/c23-17(21-10-13-3-1-7-20-13)12-5-6-15-16(9-12)19(25)22(18(15)24)11-14-4-2-8-26-14/h5-6,9,13-14,20H,1-4,7-8,10-11H2,(H,21,23). The maximum absolute atomic E-state index is 12.6. The molecule has 3 amide bonds. The van der Waals surface area contributed by atoms with Crippen LogP contribution >= 0.6 is 0 Å². The minimum absolute atomic E-state index is 0.0844. The van der Waals surface area contributed by atoms with Gasteiger partial charge in [0.1, 0.15) is 0 Å². The van der Waals surface area contributed by atoms with Crippen molar-refractivity contribution in [1.82, 2.24) is 15.5 Å². The van der Waals surface area contributed by atoms with Crippen molar-refractivity contribution >= 4 is 17.7 Å². The number of hydrogen-bond acceptors (Lipinski definition) is 5. The molecule has 0 spiro atoms. The molecule has 0 aromatic heterocycles. The van der Waals surface area contributed by atoms with Gasteiger partial charge in [0.05, 0.1) is 23.8 Å². The molecule has 4 rings (SSSR count). The highest BCUT2D eigenvalue weighted by atomic mass is 16.5. The summed E-state index contributed by atoms with van der Waals surface area (Å²) >= 11 is 0. The Kier molecular flexibility index (Phi) is 4.74.